The summed E-state index contributed by atoms with van der Waals surface area (Å²) >= 11 is 0. The first-order valence-corrected chi connectivity index (χ1v) is 6.65. The third-order valence-electron chi connectivity index (χ3n) is 3.80. The molecule has 1 rings (SSSR count). The standard InChI is InChI=1S/C13H24N2O3/c1-5-13(12(17)18)7-6-8-15(13)10(4)11(16)14-9(2)3/h9-10H,5-8H2,1-4H3,(H,14,16)(H,17,18). The van der Waals surface area contributed by atoms with Crippen LogP contribution < -0.4 is 5.32 Å². The number of aliphatic carboxylic acids is 1. The third-order valence-corrected chi connectivity index (χ3v) is 3.80. The molecule has 5 heteroatoms. The lowest BCUT2D eigenvalue weighted by Gasteiger charge is -2.37. The fourth-order valence-electron chi connectivity index (χ4n) is 2.77. The van der Waals surface area contributed by atoms with Crippen LogP contribution in [-0.2, 0) is 9.59 Å². The van der Waals surface area contributed by atoms with Crippen LogP contribution in [0.25, 0.3) is 0 Å². The zero-order valence-corrected chi connectivity index (χ0v) is 11.7. The Morgan fingerprint density at radius 3 is 2.44 bits per heavy atom. The largest absolute Gasteiger partial charge is 0.480 e. The van der Waals surface area contributed by atoms with E-state index in [0.29, 0.717) is 19.4 Å². The average Bonchev–Trinajstić information content (AvgIpc) is 2.71. The molecule has 1 aliphatic heterocycles. The maximum Gasteiger partial charge on any atom is 0.324 e. The Morgan fingerprint density at radius 2 is 2.00 bits per heavy atom. The van der Waals surface area contributed by atoms with Gasteiger partial charge in [0.1, 0.15) is 5.54 Å². The van der Waals surface area contributed by atoms with Gasteiger partial charge in [-0.2, -0.15) is 0 Å². The number of nitrogens with one attached hydrogen (secondary N) is 1. The summed E-state index contributed by atoms with van der Waals surface area (Å²) in [6.45, 7) is 8.14. The molecule has 104 valence electrons. The Kier molecular flexibility index (Phi) is 4.73. The molecule has 0 spiro atoms. The number of hydrogen-bond donors (Lipinski definition) is 2. The van der Waals surface area contributed by atoms with Gasteiger partial charge >= 0.3 is 5.97 Å². The predicted molar refractivity (Wildman–Crippen MR) is 69.3 cm³/mol. The fraction of sp³-hybridized carbons (Fsp3) is 0.846. The average molecular weight is 256 g/mol. The Morgan fingerprint density at radius 1 is 1.39 bits per heavy atom. The third kappa shape index (κ3) is 2.66. The zero-order valence-electron chi connectivity index (χ0n) is 11.7. The van der Waals surface area contributed by atoms with E-state index >= 15 is 0 Å². The molecular weight excluding hydrogens is 232 g/mol. The maximum absolute atomic E-state index is 12.0. The van der Waals surface area contributed by atoms with Gasteiger partial charge in [0.05, 0.1) is 6.04 Å². The molecule has 1 fully saturated rings. The van der Waals surface area contributed by atoms with Crippen molar-refractivity contribution in [3.63, 3.8) is 0 Å². The highest BCUT2D eigenvalue weighted by Gasteiger charge is 2.49. The lowest BCUT2D eigenvalue weighted by atomic mass is 9.92. The normalized spacial score (nSPS) is 26.3. The van der Waals surface area contributed by atoms with E-state index in [2.05, 4.69) is 5.32 Å². The molecule has 0 aromatic carbocycles. The molecule has 2 unspecified atom stereocenters. The first kappa shape index (κ1) is 15.0. The fourth-order valence-corrected chi connectivity index (χ4v) is 2.77. The van der Waals surface area contributed by atoms with Crippen molar-refractivity contribution in [1.82, 2.24) is 10.2 Å². The lowest BCUT2D eigenvalue weighted by Crippen LogP contribution is -2.58. The molecule has 0 bridgehead atoms. The second-order valence-electron chi connectivity index (χ2n) is 5.33. The van der Waals surface area contributed by atoms with Crippen LogP contribution in [0.2, 0.25) is 0 Å². The highest BCUT2D eigenvalue weighted by Crippen LogP contribution is 2.34. The summed E-state index contributed by atoms with van der Waals surface area (Å²) in [6, 6.07) is -0.325. The second kappa shape index (κ2) is 5.69. The van der Waals surface area contributed by atoms with Gasteiger partial charge in [-0.05, 0) is 40.0 Å². The number of carboxylic acids is 1. The van der Waals surface area contributed by atoms with Crippen molar-refractivity contribution in [3.8, 4) is 0 Å². The van der Waals surface area contributed by atoms with Crippen molar-refractivity contribution in [2.75, 3.05) is 6.54 Å². The Labute approximate surface area is 109 Å². The van der Waals surface area contributed by atoms with Crippen molar-refractivity contribution < 1.29 is 14.7 Å². The molecule has 1 amide bonds. The van der Waals surface area contributed by atoms with E-state index in [9.17, 15) is 14.7 Å². The van der Waals surface area contributed by atoms with E-state index in [4.69, 9.17) is 0 Å². The van der Waals surface area contributed by atoms with Gasteiger partial charge in [-0.3, -0.25) is 14.5 Å². The summed E-state index contributed by atoms with van der Waals surface area (Å²) in [5.41, 5.74) is -0.867. The zero-order chi connectivity index (χ0) is 13.9. The van der Waals surface area contributed by atoms with Crippen LogP contribution in [0.4, 0.5) is 0 Å². The van der Waals surface area contributed by atoms with Gasteiger partial charge in [-0.25, -0.2) is 0 Å². The van der Waals surface area contributed by atoms with Crippen molar-refractivity contribution in [2.45, 2.75) is 64.6 Å². The number of carboxylic acid groups (broad SMARTS) is 1. The molecule has 18 heavy (non-hydrogen) atoms. The number of carbonyl (C=O) groups excluding carboxylic acids is 1. The molecule has 2 N–H and O–H groups in total. The second-order valence-corrected chi connectivity index (χ2v) is 5.33. The van der Waals surface area contributed by atoms with Crippen molar-refractivity contribution >= 4 is 11.9 Å². The molecule has 0 aromatic heterocycles. The topological polar surface area (TPSA) is 69.6 Å². The van der Waals surface area contributed by atoms with Crippen LogP contribution >= 0.6 is 0 Å². The molecule has 0 aromatic rings. The smallest absolute Gasteiger partial charge is 0.324 e. The minimum Gasteiger partial charge on any atom is -0.480 e. The summed E-state index contributed by atoms with van der Waals surface area (Å²) in [7, 11) is 0. The summed E-state index contributed by atoms with van der Waals surface area (Å²) in [4.78, 5) is 25.4. The van der Waals surface area contributed by atoms with E-state index in [0.717, 1.165) is 6.42 Å². The monoisotopic (exact) mass is 256 g/mol. The quantitative estimate of drug-likeness (QED) is 0.776. The minimum atomic E-state index is -0.867. The number of amides is 1. The van der Waals surface area contributed by atoms with E-state index < -0.39 is 17.6 Å². The van der Waals surface area contributed by atoms with E-state index in [-0.39, 0.29) is 11.9 Å². The van der Waals surface area contributed by atoms with E-state index in [1.807, 2.05) is 25.7 Å². The maximum atomic E-state index is 12.0. The molecule has 0 radical (unpaired) electrons. The van der Waals surface area contributed by atoms with Crippen molar-refractivity contribution in [1.29, 1.82) is 0 Å². The molecule has 5 nitrogen and oxygen atoms in total. The number of rotatable bonds is 5. The van der Waals surface area contributed by atoms with E-state index in [1.54, 1.807) is 6.92 Å². The van der Waals surface area contributed by atoms with Gasteiger partial charge < -0.3 is 10.4 Å². The van der Waals surface area contributed by atoms with Gasteiger partial charge in [-0.15, -0.1) is 0 Å². The SMILES string of the molecule is CCC1(C(=O)O)CCCN1C(C)C(=O)NC(C)C. The van der Waals surface area contributed by atoms with Gasteiger partial charge in [-0.1, -0.05) is 6.92 Å². The van der Waals surface area contributed by atoms with Crippen molar-refractivity contribution in [3.05, 3.63) is 0 Å². The van der Waals surface area contributed by atoms with Crippen LogP contribution in [0.3, 0.4) is 0 Å². The summed E-state index contributed by atoms with van der Waals surface area (Å²) in [5.74, 6) is -0.905. The molecular formula is C13H24N2O3. The highest BCUT2D eigenvalue weighted by molar-refractivity contribution is 5.84. The Bertz CT molecular complexity index is 330. The predicted octanol–water partition coefficient (Wildman–Crippen LogP) is 1.23. The van der Waals surface area contributed by atoms with Gasteiger partial charge in [0.25, 0.3) is 0 Å². The first-order valence-electron chi connectivity index (χ1n) is 6.65. The molecule has 0 saturated carbocycles. The van der Waals surface area contributed by atoms with Crippen LogP contribution in [0.15, 0.2) is 0 Å². The first-order chi connectivity index (χ1) is 8.35. The Hall–Kier alpha value is -1.10. The van der Waals surface area contributed by atoms with Gasteiger partial charge in [0.15, 0.2) is 0 Å². The summed E-state index contributed by atoms with van der Waals surface area (Å²) in [6.07, 6.45) is 1.99. The minimum absolute atomic E-state index is 0.0726. The summed E-state index contributed by atoms with van der Waals surface area (Å²) < 4.78 is 0. The summed E-state index contributed by atoms with van der Waals surface area (Å²) in [5, 5.41) is 12.3. The lowest BCUT2D eigenvalue weighted by molar-refractivity contribution is -0.152. The molecule has 0 aliphatic carbocycles. The van der Waals surface area contributed by atoms with Crippen LogP contribution in [0, 0.1) is 0 Å². The number of likely N-dealkylation sites (tertiary alicyclic amines) is 1. The Balaban J connectivity index is 2.86. The van der Waals surface area contributed by atoms with Crippen LogP contribution in [-0.4, -0.2) is 46.1 Å². The van der Waals surface area contributed by atoms with Gasteiger partial charge in [0.2, 0.25) is 5.91 Å². The molecule has 1 heterocycles. The number of carbonyl (C=O) groups is 2. The molecule has 1 saturated heterocycles. The van der Waals surface area contributed by atoms with Crippen LogP contribution in [0.5, 0.6) is 0 Å². The van der Waals surface area contributed by atoms with Crippen molar-refractivity contribution in [2.24, 2.45) is 0 Å². The molecule has 1 aliphatic rings. The molecule has 2 atom stereocenters. The number of nitrogens with zero attached hydrogens (tertiary/aromatic N) is 1. The van der Waals surface area contributed by atoms with E-state index in [1.165, 1.54) is 0 Å². The number of hydrogen-bond acceptors (Lipinski definition) is 3. The highest BCUT2D eigenvalue weighted by atomic mass is 16.4. The van der Waals surface area contributed by atoms with Crippen LogP contribution in [0.1, 0.15) is 47.0 Å². The van der Waals surface area contributed by atoms with Gasteiger partial charge in [0, 0.05) is 12.6 Å².